The molecule has 0 saturated carbocycles. The third kappa shape index (κ3) is 4.95. The summed E-state index contributed by atoms with van der Waals surface area (Å²) in [5, 5.41) is 2.81. The first kappa shape index (κ1) is 17.8. The van der Waals surface area contributed by atoms with Crippen LogP contribution in [0.2, 0.25) is 5.15 Å². The molecule has 0 unspecified atom stereocenters. The number of halogens is 2. The van der Waals surface area contributed by atoms with Gasteiger partial charge in [0, 0.05) is 35.3 Å². The van der Waals surface area contributed by atoms with Crippen molar-refractivity contribution in [1.82, 2.24) is 9.88 Å². The van der Waals surface area contributed by atoms with Crippen LogP contribution in [0, 0.1) is 0 Å². The molecule has 0 aliphatic heterocycles. The summed E-state index contributed by atoms with van der Waals surface area (Å²) in [6.45, 7) is 0. The van der Waals surface area contributed by atoms with E-state index in [0.29, 0.717) is 10.2 Å². The van der Waals surface area contributed by atoms with Gasteiger partial charge in [-0.2, -0.15) is 0 Å². The smallest absolute Gasteiger partial charge is 0.285 e. The molecule has 2 rings (SSSR count). The van der Waals surface area contributed by atoms with Gasteiger partial charge in [-0.3, -0.25) is 9.59 Å². The fourth-order valence-corrected chi connectivity index (χ4v) is 2.76. The number of nitrogens with one attached hydrogen (secondary N) is 1. The van der Waals surface area contributed by atoms with Crippen molar-refractivity contribution >= 4 is 56.1 Å². The molecular weight excluding hydrogens is 402 g/mol. The Labute approximate surface area is 151 Å². The second-order valence-corrected chi connectivity index (χ2v) is 7.03. The molecule has 23 heavy (non-hydrogen) atoms. The average molecular weight is 415 g/mol. The molecule has 0 saturated heterocycles. The lowest BCUT2D eigenvalue weighted by Gasteiger charge is -2.10. The van der Waals surface area contributed by atoms with Crippen LogP contribution in [-0.2, 0) is 0 Å². The molecule has 8 heteroatoms. The summed E-state index contributed by atoms with van der Waals surface area (Å²) in [6, 6.07) is 8.58. The number of carbonyl (C=O) groups excluding carboxylic acids is 2. The fraction of sp³-hybridized carbons (Fsp3) is 0.133. The highest BCUT2D eigenvalue weighted by molar-refractivity contribution is 9.10. The van der Waals surface area contributed by atoms with E-state index >= 15 is 0 Å². The van der Waals surface area contributed by atoms with Gasteiger partial charge in [-0.15, -0.1) is 0 Å². The van der Waals surface area contributed by atoms with Crippen molar-refractivity contribution in [2.45, 2.75) is 4.90 Å². The number of pyridine rings is 1. The molecule has 120 valence electrons. The first-order chi connectivity index (χ1) is 10.9. The largest absolute Gasteiger partial charge is 0.339 e. The molecule has 0 radical (unpaired) electrons. The van der Waals surface area contributed by atoms with E-state index in [1.54, 1.807) is 44.4 Å². The van der Waals surface area contributed by atoms with Gasteiger partial charge >= 0.3 is 0 Å². The van der Waals surface area contributed by atoms with Gasteiger partial charge in [0.2, 0.25) is 0 Å². The van der Waals surface area contributed by atoms with E-state index in [1.165, 1.54) is 11.1 Å². The molecule has 1 heterocycles. The van der Waals surface area contributed by atoms with Crippen LogP contribution in [0.25, 0.3) is 0 Å². The Balaban J connectivity index is 2.07. The summed E-state index contributed by atoms with van der Waals surface area (Å²) in [5.74, 6) is -0.353. The lowest BCUT2D eigenvalue weighted by atomic mass is 10.2. The van der Waals surface area contributed by atoms with Crippen molar-refractivity contribution in [1.29, 1.82) is 0 Å². The first-order valence-electron chi connectivity index (χ1n) is 6.48. The van der Waals surface area contributed by atoms with E-state index in [9.17, 15) is 9.59 Å². The molecule has 2 aromatic rings. The Hall–Kier alpha value is -1.57. The minimum Gasteiger partial charge on any atom is -0.339 e. The molecule has 2 amide bonds. The zero-order chi connectivity index (χ0) is 17.0. The molecule has 0 atom stereocenters. The minimum atomic E-state index is -0.353. The average Bonchev–Trinajstić information content (AvgIpc) is 2.51. The topological polar surface area (TPSA) is 62.3 Å². The zero-order valence-corrected chi connectivity index (χ0v) is 15.5. The molecule has 0 aliphatic carbocycles. The number of hydrogen-bond donors (Lipinski definition) is 1. The number of carbonyl (C=O) groups is 2. The van der Waals surface area contributed by atoms with Crippen molar-refractivity contribution < 1.29 is 9.59 Å². The Morgan fingerprint density at radius 2 is 1.91 bits per heavy atom. The Morgan fingerprint density at radius 1 is 1.26 bits per heavy atom. The normalized spacial score (nSPS) is 10.3. The Morgan fingerprint density at radius 3 is 2.52 bits per heavy atom. The number of anilines is 1. The van der Waals surface area contributed by atoms with Gasteiger partial charge in [0.05, 0.1) is 5.56 Å². The standard InChI is InChI=1S/C15H13BrClN3O2S/c1-20(2)15(22)23-11-5-3-10(4-6-11)19-14(21)12-7-9(16)8-18-13(12)17/h3-8H,1-2H3,(H,19,21). The SMILES string of the molecule is CN(C)C(=O)Sc1ccc(NC(=O)c2cc(Br)cnc2Cl)cc1. The molecule has 0 bridgehead atoms. The van der Waals surface area contributed by atoms with Crippen molar-refractivity contribution in [3.63, 3.8) is 0 Å². The summed E-state index contributed by atoms with van der Waals surface area (Å²) < 4.78 is 0.668. The van der Waals surface area contributed by atoms with Crippen LogP contribution in [0.3, 0.4) is 0 Å². The predicted octanol–water partition coefficient (Wildman–Crippen LogP) is 4.52. The van der Waals surface area contributed by atoms with Gasteiger partial charge in [0.15, 0.2) is 0 Å². The first-order valence-corrected chi connectivity index (χ1v) is 8.47. The van der Waals surface area contributed by atoms with E-state index < -0.39 is 0 Å². The molecule has 1 aromatic heterocycles. The van der Waals surface area contributed by atoms with Gasteiger partial charge in [0.25, 0.3) is 11.1 Å². The third-order valence-corrected chi connectivity index (χ3v) is 4.52. The Kier molecular flexibility index (Phi) is 6.04. The van der Waals surface area contributed by atoms with E-state index in [0.717, 1.165) is 16.7 Å². The number of nitrogens with zero attached hydrogens (tertiary/aromatic N) is 2. The van der Waals surface area contributed by atoms with Crippen molar-refractivity contribution in [2.24, 2.45) is 0 Å². The van der Waals surface area contributed by atoms with Gasteiger partial charge < -0.3 is 10.2 Å². The maximum atomic E-state index is 12.2. The summed E-state index contributed by atoms with van der Waals surface area (Å²) in [4.78, 5) is 30.1. The van der Waals surface area contributed by atoms with Gasteiger partial charge in [-0.05, 0) is 58.0 Å². The molecule has 1 aromatic carbocycles. The number of thioether (sulfide) groups is 1. The van der Waals surface area contributed by atoms with Crippen molar-refractivity contribution in [3.05, 3.63) is 51.7 Å². The number of aromatic nitrogens is 1. The third-order valence-electron chi connectivity index (χ3n) is 2.73. The van der Waals surface area contributed by atoms with Gasteiger partial charge in [0.1, 0.15) is 5.15 Å². The van der Waals surface area contributed by atoms with E-state index in [1.807, 2.05) is 0 Å². The minimum absolute atomic E-state index is 0.0613. The molecule has 0 spiro atoms. The van der Waals surface area contributed by atoms with Crippen LogP contribution in [-0.4, -0.2) is 35.1 Å². The highest BCUT2D eigenvalue weighted by Crippen LogP contribution is 2.23. The van der Waals surface area contributed by atoms with E-state index in [4.69, 9.17) is 11.6 Å². The van der Waals surface area contributed by atoms with Gasteiger partial charge in [-0.1, -0.05) is 11.6 Å². The molecule has 0 aliphatic rings. The number of rotatable bonds is 3. The summed E-state index contributed by atoms with van der Waals surface area (Å²) in [6.07, 6.45) is 1.52. The molecule has 5 nitrogen and oxygen atoms in total. The van der Waals surface area contributed by atoms with Crippen molar-refractivity contribution in [2.75, 3.05) is 19.4 Å². The van der Waals surface area contributed by atoms with Crippen LogP contribution >= 0.6 is 39.3 Å². The lowest BCUT2D eigenvalue weighted by Crippen LogP contribution is -2.16. The second-order valence-electron chi connectivity index (χ2n) is 4.73. The number of benzene rings is 1. The maximum Gasteiger partial charge on any atom is 0.285 e. The number of amides is 2. The van der Waals surface area contributed by atoms with Crippen LogP contribution in [0.1, 0.15) is 10.4 Å². The molecule has 1 N–H and O–H groups in total. The van der Waals surface area contributed by atoms with E-state index in [2.05, 4.69) is 26.2 Å². The number of hydrogen-bond acceptors (Lipinski definition) is 4. The van der Waals surface area contributed by atoms with Gasteiger partial charge in [-0.25, -0.2) is 4.98 Å². The lowest BCUT2D eigenvalue weighted by molar-refractivity contribution is 0.102. The summed E-state index contributed by atoms with van der Waals surface area (Å²) in [7, 11) is 3.39. The quantitative estimate of drug-likeness (QED) is 0.592. The van der Waals surface area contributed by atoms with Crippen LogP contribution in [0.15, 0.2) is 45.9 Å². The maximum absolute atomic E-state index is 12.2. The highest BCUT2D eigenvalue weighted by Gasteiger charge is 2.13. The zero-order valence-electron chi connectivity index (χ0n) is 12.3. The van der Waals surface area contributed by atoms with E-state index in [-0.39, 0.29) is 21.9 Å². The summed E-state index contributed by atoms with van der Waals surface area (Å²) >= 11 is 10.3. The predicted molar refractivity (Wildman–Crippen MR) is 96.3 cm³/mol. The van der Waals surface area contributed by atoms with Crippen LogP contribution < -0.4 is 5.32 Å². The molecular formula is C15H13BrClN3O2S. The van der Waals surface area contributed by atoms with Crippen LogP contribution in [0.5, 0.6) is 0 Å². The molecule has 0 fully saturated rings. The van der Waals surface area contributed by atoms with Crippen molar-refractivity contribution in [3.8, 4) is 0 Å². The second kappa shape index (κ2) is 7.81. The highest BCUT2D eigenvalue weighted by atomic mass is 79.9. The monoisotopic (exact) mass is 413 g/mol. The Bertz CT molecular complexity index is 738. The fourth-order valence-electron chi connectivity index (χ4n) is 1.58. The van der Waals surface area contributed by atoms with Crippen LogP contribution in [0.4, 0.5) is 10.5 Å². The summed E-state index contributed by atoms with van der Waals surface area (Å²) in [5.41, 5.74) is 0.884.